The molecule has 5 rings (SSSR count). The highest BCUT2D eigenvalue weighted by Crippen LogP contribution is 2.45. The third-order valence-electron chi connectivity index (χ3n) is 6.39. The molecular weight excluding hydrogens is 478 g/mol. The number of hydrogen-bond acceptors (Lipinski definition) is 5. The summed E-state index contributed by atoms with van der Waals surface area (Å²) in [5.74, 6) is -2.36. The van der Waals surface area contributed by atoms with Crippen LogP contribution in [0.2, 0.25) is 5.02 Å². The summed E-state index contributed by atoms with van der Waals surface area (Å²) < 4.78 is 5.76. The number of Topliss-reactive ketones (excluding diaryl/α,β-unsaturated/α-hetero) is 1. The molecule has 0 spiro atoms. The van der Waals surface area contributed by atoms with Crippen LogP contribution in [0.5, 0.6) is 5.75 Å². The number of halogens is 1. The second-order valence-corrected chi connectivity index (χ2v) is 10.3. The van der Waals surface area contributed by atoms with Gasteiger partial charge >= 0.3 is 0 Å². The Morgan fingerprint density at radius 1 is 0.972 bits per heavy atom. The maximum Gasteiger partial charge on any atom is 0.294 e. The number of phenolic OH excluding ortho intramolecular Hbond substituents is 1. The third-order valence-corrected chi connectivity index (χ3v) is 6.63. The van der Waals surface area contributed by atoms with Crippen molar-refractivity contribution in [2.45, 2.75) is 32.2 Å². The number of nitrogens with zero attached hydrogens (tertiary/aromatic N) is 1. The zero-order valence-electron chi connectivity index (χ0n) is 19.9. The number of rotatable bonds is 4. The monoisotopic (exact) mass is 501 g/mol. The molecule has 0 radical (unpaired) electrons. The van der Waals surface area contributed by atoms with E-state index in [4.69, 9.17) is 16.0 Å². The standard InChI is InChI=1S/C29H24ClNO5/c1-29(2,3)18-10-8-16(9-11-18)25-24(26(33)23-14-17-6-4-5-7-22(17)36-23)27(34)28(35)31(25)20-15-19(30)12-13-21(20)32/h4-15,25,32,34H,1-3H3. The molecule has 6 nitrogen and oxygen atoms in total. The number of carbonyl (C=O) groups excluding carboxylic acids is 2. The maximum absolute atomic E-state index is 13.7. The van der Waals surface area contributed by atoms with Crippen LogP contribution in [0, 0.1) is 0 Å². The Morgan fingerprint density at radius 3 is 2.33 bits per heavy atom. The number of furan rings is 1. The van der Waals surface area contributed by atoms with Crippen LogP contribution < -0.4 is 4.90 Å². The van der Waals surface area contributed by atoms with Gasteiger partial charge in [0.15, 0.2) is 11.5 Å². The van der Waals surface area contributed by atoms with E-state index in [0.29, 0.717) is 11.1 Å². The molecule has 0 fully saturated rings. The lowest BCUT2D eigenvalue weighted by Gasteiger charge is -2.28. The number of anilines is 1. The molecule has 1 unspecified atom stereocenters. The van der Waals surface area contributed by atoms with Gasteiger partial charge in [-0.2, -0.15) is 0 Å². The van der Waals surface area contributed by atoms with Crippen LogP contribution in [-0.4, -0.2) is 21.9 Å². The highest BCUT2D eigenvalue weighted by Gasteiger charge is 2.46. The minimum absolute atomic E-state index is 0.000900. The van der Waals surface area contributed by atoms with Crippen molar-refractivity contribution < 1.29 is 24.2 Å². The van der Waals surface area contributed by atoms with Crippen LogP contribution in [-0.2, 0) is 10.2 Å². The van der Waals surface area contributed by atoms with Crippen molar-refractivity contribution in [1.29, 1.82) is 0 Å². The van der Waals surface area contributed by atoms with Crippen molar-refractivity contribution in [2.24, 2.45) is 0 Å². The minimum atomic E-state index is -1.02. The van der Waals surface area contributed by atoms with E-state index in [9.17, 15) is 19.8 Å². The highest BCUT2D eigenvalue weighted by atomic mass is 35.5. The van der Waals surface area contributed by atoms with Crippen molar-refractivity contribution in [2.75, 3.05) is 4.90 Å². The zero-order valence-corrected chi connectivity index (χ0v) is 20.7. The van der Waals surface area contributed by atoms with Crippen LogP contribution >= 0.6 is 11.6 Å². The first-order valence-corrected chi connectivity index (χ1v) is 11.8. The fraction of sp³-hybridized carbons (Fsp3) is 0.172. The van der Waals surface area contributed by atoms with Crippen molar-refractivity contribution in [3.63, 3.8) is 0 Å². The van der Waals surface area contributed by atoms with E-state index < -0.39 is 23.5 Å². The number of phenols is 1. The molecule has 0 saturated carbocycles. The fourth-order valence-corrected chi connectivity index (χ4v) is 4.65. The summed E-state index contributed by atoms with van der Waals surface area (Å²) in [4.78, 5) is 28.3. The first-order valence-electron chi connectivity index (χ1n) is 11.4. The normalized spacial score (nSPS) is 16.3. The molecule has 0 bridgehead atoms. The molecule has 1 atom stereocenters. The fourth-order valence-electron chi connectivity index (χ4n) is 4.48. The van der Waals surface area contributed by atoms with E-state index in [1.54, 1.807) is 18.2 Å². The molecule has 1 aromatic heterocycles. The molecule has 0 saturated heterocycles. The van der Waals surface area contributed by atoms with E-state index in [2.05, 4.69) is 20.8 Å². The summed E-state index contributed by atoms with van der Waals surface area (Å²) in [6.07, 6.45) is 0. The van der Waals surface area contributed by atoms with E-state index in [1.165, 1.54) is 23.1 Å². The van der Waals surface area contributed by atoms with Crippen LogP contribution in [0.4, 0.5) is 5.69 Å². The quantitative estimate of drug-likeness (QED) is 0.298. The van der Waals surface area contributed by atoms with E-state index in [1.807, 2.05) is 36.4 Å². The van der Waals surface area contributed by atoms with Crippen molar-refractivity contribution in [3.8, 4) is 5.75 Å². The van der Waals surface area contributed by atoms with Gasteiger partial charge in [-0.1, -0.05) is 74.8 Å². The molecule has 1 aliphatic rings. The van der Waals surface area contributed by atoms with Gasteiger partial charge in [-0.15, -0.1) is 0 Å². The minimum Gasteiger partial charge on any atom is -0.506 e. The van der Waals surface area contributed by atoms with Crippen molar-refractivity contribution in [3.05, 3.63) is 106 Å². The number of aromatic hydroxyl groups is 1. The number of fused-ring (bicyclic) bond motifs is 1. The average Bonchev–Trinajstić information content (AvgIpc) is 3.39. The van der Waals surface area contributed by atoms with Gasteiger partial charge in [0.25, 0.3) is 5.91 Å². The molecule has 1 aliphatic heterocycles. The van der Waals surface area contributed by atoms with Gasteiger partial charge in [-0.25, -0.2) is 0 Å². The summed E-state index contributed by atoms with van der Waals surface area (Å²) in [5.41, 5.74) is 1.99. The smallest absolute Gasteiger partial charge is 0.294 e. The van der Waals surface area contributed by atoms with E-state index in [-0.39, 0.29) is 33.2 Å². The molecule has 4 aromatic rings. The molecule has 36 heavy (non-hydrogen) atoms. The number of amides is 1. The second-order valence-electron chi connectivity index (χ2n) is 9.82. The molecule has 2 heterocycles. The lowest BCUT2D eigenvalue weighted by Crippen LogP contribution is -2.31. The van der Waals surface area contributed by atoms with Crippen LogP contribution in [0.25, 0.3) is 11.0 Å². The zero-order chi connectivity index (χ0) is 25.8. The van der Waals surface area contributed by atoms with Crippen molar-refractivity contribution >= 4 is 39.9 Å². The van der Waals surface area contributed by atoms with E-state index >= 15 is 0 Å². The Bertz CT molecular complexity index is 1510. The average molecular weight is 502 g/mol. The van der Waals surface area contributed by atoms with Gasteiger partial charge in [0.05, 0.1) is 17.3 Å². The van der Waals surface area contributed by atoms with Crippen LogP contribution in [0.1, 0.15) is 48.5 Å². The Labute approximate surface area is 213 Å². The Hall–Kier alpha value is -4.03. The molecular formula is C29H24ClNO5. The molecule has 2 N–H and O–H groups in total. The predicted molar refractivity (Wildman–Crippen MR) is 139 cm³/mol. The Morgan fingerprint density at radius 2 is 1.67 bits per heavy atom. The molecule has 3 aromatic carbocycles. The molecule has 1 amide bonds. The van der Waals surface area contributed by atoms with Crippen molar-refractivity contribution in [1.82, 2.24) is 0 Å². The number of para-hydroxylation sites is 1. The van der Waals surface area contributed by atoms with Gasteiger partial charge in [0, 0.05) is 10.4 Å². The maximum atomic E-state index is 13.7. The van der Waals surface area contributed by atoms with Gasteiger partial charge in [0.2, 0.25) is 5.78 Å². The summed E-state index contributed by atoms with van der Waals surface area (Å²) in [6.45, 7) is 6.25. The number of hydrogen-bond donors (Lipinski definition) is 2. The Balaban J connectivity index is 1.68. The SMILES string of the molecule is CC(C)(C)c1ccc(C2C(C(=O)c3cc4ccccc4o3)=C(O)C(=O)N2c2cc(Cl)ccc2O)cc1. The van der Waals surface area contributed by atoms with Gasteiger partial charge in [-0.05, 0) is 46.9 Å². The topological polar surface area (TPSA) is 91.0 Å². The van der Waals surface area contributed by atoms with Gasteiger partial charge < -0.3 is 14.6 Å². The third kappa shape index (κ3) is 3.93. The summed E-state index contributed by atoms with van der Waals surface area (Å²) >= 11 is 6.18. The summed E-state index contributed by atoms with van der Waals surface area (Å²) in [6, 6.07) is 19.5. The van der Waals surface area contributed by atoms with Gasteiger partial charge in [0.1, 0.15) is 11.3 Å². The molecule has 0 aliphatic carbocycles. The number of aliphatic hydroxyl groups excluding tert-OH is 1. The summed E-state index contributed by atoms with van der Waals surface area (Å²) in [5, 5.41) is 22.6. The lowest BCUT2D eigenvalue weighted by molar-refractivity contribution is -0.117. The van der Waals surface area contributed by atoms with E-state index in [0.717, 1.165) is 10.9 Å². The first kappa shape index (κ1) is 23.7. The lowest BCUT2D eigenvalue weighted by atomic mass is 9.85. The van der Waals surface area contributed by atoms with Crippen LogP contribution in [0.15, 0.2) is 88.5 Å². The largest absolute Gasteiger partial charge is 0.506 e. The second kappa shape index (κ2) is 8.57. The predicted octanol–water partition coefficient (Wildman–Crippen LogP) is 6.87. The summed E-state index contributed by atoms with van der Waals surface area (Å²) in [7, 11) is 0. The molecule has 7 heteroatoms. The highest BCUT2D eigenvalue weighted by molar-refractivity contribution is 6.31. The number of benzene rings is 3. The number of aliphatic hydroxyl groups is 1. The number of ketones is 1. The van der Waals surface area contributed by atoms with Crippen LogP contribution in [0.3, 0.4) is 0 Å². The number of carbonyl (C=O) groups is 2. The van der Waals surface area contributed by atoms with Gasteiger partial charge in [-0.3, -0.25) is 14.5 Å². The molecule has 182 valence electrons. The Kier molecular flexibility index (Phi) is 5.64. The first-order chi connectivity index (χ1) is 17.1.